The first-order chi connectivity index (χ1) is 5.36. The number of likely N-dealkylation sites (tertiary alicyclic amines) is 1. The Labute approximate surface area is 72.5 Å². The van der Waals surface area contributed by atoms with Crippen molar-refractivity contribution in [3.8, 4) is 0 Å². The summed E-state index contributed by atoms with van der Waals surface area (Å²) in [4.78, 5) is 2.55. The van der Waals surface area contributed by atoms with Gasteiger partial charge in [0.2, 0.25) is 0 Å². The minimum Gasteiger partial charge on any atom is -0.325 e. The van der Waals surface area contributed by atoms with Gasteiger partial charge in [-0.15, -0.1) is 0 Å². The van der Waals surface area contributed by atoms with Crippen LogP contribution in [0.1, 0.15) is 12.8 Å². The van der Waals surface area contributed by atoms with Gasteiger partial charge in [-0.2, -0.15) is 11.8 Å². The summed E-state index contributed by atoms with van der Waals surface area (Å²) >= 11 is 2.09. The van der Waals surface area contributed by atoms with Crippen molar-refractivity contribution in [2.45, 2.75) is 24.9 Å². The number of thioether (sulfide) groups is 1. The van der Waals surface area contributed by atoms with Gasteiger partial charge in [-0.05, 0) is 24.3 Å². The molecule has 2 fully saturated rings. The Balaban J connectivity index is 1.76. The molecule has 2 saturated heterocycles. The molecular formula is C8H16N2S. The lowest BCUT2D eigenvalue weighted by molar-refractivity contribution is 0.0887. The summed E-state index contributed by atoms with van der Waals surface area (Å²) in [5.74, 6) is 2.72. The fourth-order valence-electron chi connectivity index (χ4n) is 1.90. The zero-order chi connectivity index (χ0) is 7.68. The van der Waals surface area contributed by atoms with Gasteiger partial charge in [0, 0.05) is 25.2 Å². The topological polar surface area (TPSA) is 29.3 Å². The molecule has 0 atom stereocenters. The van der Waals surface area contributed by atoms with Gasteiger partial charge in [0.15, 0.2) is 0 Å². The van der Waals surface area contributed by atoms with Crippen molar-refractivity contribution in [1.82, 2.24) is 4.90 Å². The van der Waals surface area contributed by atoms with Crippen LogP contribution in [0.2, 0.25) is 0 Å². The highest BCUT2D eigenvalue weighted by Crippen LogP contribution is 2.24. The molecule has 0 aromatic carbocycles. The van der Waals surface area contributed by atoms with Crippen LogP contribution < -0.4 is 5.73 Å². The van der Waals surface area contributed by atoms with Gasteiger partial charge >= 0.3 is 0 Å². The molecule has 2 aliphatic heterocycles. The van der Waals surface area contributed by atoms with Crippen LogP contribution >= 0.6 is 11.8 Å². The van der Waals surface area contributed by atoms with Gasteiger partial charge in [-0.25, -0.2) is 0 Å². The Morgan fingerprint density at radius 1 is 1.18 bits per heavy atom. The molecule has 0 bridgehead atoms. The summed E-state index contributed by atoms with van der Waals surface area (Å²) in [5.41, 5.74) is 5.73. The minimum atomic E-state index is 0.476. The summed E-state index contributed by atoms with van der Waals surface area (Å²) in [5, 5.41) is 0. The average molecular weight is 172 g/mol. The SMILES string of the molecule is NC1CN(C2CCSCC2)C1. The number of rotatable bonds is 1. The Bertz CT molecular complexity index is 128. The molecule has 3 heteroatoms. The van der Waals surface area contributed by atoms with E-state index in [0.29, 0.717) is 6.04 Å². The second kappa shape index (κ2) is 3.33. The third-order valence-corrected chi connectivity index (χ3v) is 3.69. The molecule has 0 aliphatic carbocycles. The van der Waals surface area contributed by atoms with Crippen molar-refractivity contribution < 1.29 is 0 Å². The lowest BCUT2D eigenvalue weighted by Gasteiger charge is -2.44. The van der Waals surface area contributed by atoms with E-state index in [1.165, 1.54) is 24.3 Å². The molecule has 64 valence electrons. The summed E-state index contributed by atoms with van der Waals surface area (Å²) in [7, 11) is 0. The molecule has 2 nitrogen and oxygen atoms in total. The zero-order valence-corrected chi connectivity index (χ0v) is 7.65. The van der Waals surface area contributed by atoms with Crippen molar-refractivity contribution in [1.29, 1.82) is 0 Å². The van der Waals surface area contributed by atoms with Gasteiger partial charge in [0.1, 0.15) is 0 Å². The maximum Gasteiger partial charge on any atom is 0.0297 e. The van der Waals surface area contributed by atoms with Crippen molar-refractivity contribution >= 4 is 11.8 Å². The fourth-order valence-corrected chi connectivity index (χ4v) is 2.98. The Morgan fingerprint density at radius 2 is 1.82 bits per heavy atom. The van der Waals surface area contributed by atoms with E-state index in [2.05, 4.69) is 16.7 Å². The van der Waals surface area contributed by atoms with E-state index in [1.807, 2.05) is 0 Å². The van der Waals surface area contributed by atoms with Crippen LogP contribution in [0.3, 0.4) is 0 Å². The van der Waals surface area contributed by atoms with Crippen molar-refractivity contribution in [3.63, 3.8) is 0 Å². The summed E-state index contributed by atoms with van der Waals surface area (Å²) in [6.45, 7) is 2.30. The van der Waals surface area contributed by atoms with Crippen molar-refractivity contribution in [2.75, 3.05) is 24.6 Å². The molecule has 0 aromatic rings. The zero-order valence-electron chi connectivity index (χ0n) is 6.83. The van der Waals surface area contributed by atoms with Crippen molar-refractivity contribution in [3.05, 3.63) is 0 Å². The number of nitrogens with zero attached hydrogens (tertiary/aromatic N) is 1. The highest BCUT2D eigenvalue weighted by molar-refractivity contribution is 7.99. The average Bonchev–Trinajstić information content (AvgIpc) is 2.01. The Kier molecular flexibility index (Phi) is 2.39. The molecular weight excluding hydrogens is 156 g/mol. The van der Waals surface area contributed by atoms with Crippen LogP contribution in [-0.4, -0.2) is 41.6 Å². The highest BCUT2D eigenvalue weighted by atomic mass is 32.2. The van der Waals surface area contributed by atoms with Crippen LogP contribution in [-0.2, 0) is 0 Å². The molecule has 2 heterocycles. The third kappa shape index (κ3) is 1.71. The third-order valence-electron chi connectivity index (χ3n) is 2.65. The lowest BCUT2D eigenvalue weighted by Crippen LogP contribution is -2.59. The first-order valence-corrected chi connectivity index (χ1v) is 5.59. The quantitative estimate of drug-likeness (QED) is 0.625. The molecule has 0 amide bonds. The van der Waals surface area contributed by atoms with Crippen LogP contribution in [0.4, 0.5) is 0 Å². The fraction of sp³-hybridized carbons (Fsp3) is 1.00. The van der Waals surface area contributed by atoms with E-state index >= 15 is 0 Å². The number of hydrogen-bond acceptors (Lipinski definition) is 3. The minimum absolute atomic E-state index is 0.476. The van der Waals surface area contributed by atoms with Gasteiger partial charge < -0.3 is 5.73 Å². The molecule has 0 spiro atoms. The number of nitrogens with two attached hydrogens (primary N) is 1. The molecule has 0 unspecified atom stereocenters. The lowest BCUT2D eigenvalue weighted by atomic mass is 10.0. The van der Waals surface area contributed by atoms with Crippen LogP contribution in [0.25, 0.3) is 0 Å². The van der Waals surface area contributed by atoms with Gasteiger partial charge in [0.05, 0.1) is 0 Å². The van der Waals surface area contributed by atoms with Crippen LogP contribution in [0, 0.1) is 0 Å². The predicted octanol–water partition coefficient (Wildman–Crippen LogP) is 0.525. The monoisotopic (exact) mass is 172 g/mol. The largest absolute Gasteiger partial charge is 0.325 e. The van der Waals surface area contributed by atoms with Crippen LogP contribution in [0.5, 0.6) is 0 Å². The first-order valence-electron chi connectivity index (χ1n) is 4.43. The molecule has 2 N–H and O–H groups in total. The molecule has 2 aliphatic rings. The van der Waals surface area contributed by atoms with E-state index in [4.69, 9.17) is 5.73 Å². The van der Waals surface area contributed by atoms with E-state index < -0.39 is 0 Å². The molecule has 0 aromatic heterocycles. The summed E-state index contributed by atoms with van der Waals surface area (Å²) in [6.07, 6.45) is 2.77. The standard InChI is InChI=1S/C8H16N2S/c9-7-5-10(6-7)8-1-3-11-4-2-8/h7-8H,1-6,9H2. The second-order valence-electron chi connectivity index (χ2n) is 3.56. The molecule has 2 rings (SSSR count). The van der Waals surface area contributed by atoms with E-state index in [1.54, 1.807) is 0 Å². The second-order valence-corrected chi connectivity index (χ2v) is 4.78. The van der Waals surface area contributed by atoms with Crippen LogP contribution in [0.15, 0.2) is 0 Å². The maximum absolute atomic E-state index is 5.73. The maximum atomic E-state index is 5.73. The molecule has 0 saturated carbocycles. The first kappa shape index (κ1) is 7.90. The van der Waals surface area contributed by atoms with Gasteiger partial charge in [-0.3, -0.25) is 4.90 Å². The van der Waals surface area contributed by atoms with E-state index in [9.17, 15) is 0 Å². The van der Waals surface area contributed by atoms with E-state index in [0.717, 1.165) is 19.1 Å². The number of hydrogen-bond donors (Lipinski definition) is 1. The Morgan fingerprint density at radius 3 is 2.36 bits per heavy atom. The normalized spacial score (nSPS) is 30.3. The summed E-state index contributed by atoms with van der Waals surface area (Å²) in [6, 6.07) is 1.35. The molecule has 11 heavy (non-hydrogen) atoms. The van der Waals surface area contributed by atoms with Gasteiger partial charge in [0.25, 0.3) is 0 Å². The molecule has 0 radical (unpaired) electrons. The highest BCUT2D eigenvalue weighted by Gasteiger charge is 2.30. The summed E-state index contributed by atoms with van der Waals surface area (Å²) < 4.78 is 0. The predicted molar refractivity (Wildman–Crippen MR) is 49.9 cm³/mol. The smallest absolute Gasteiger partial charge is 0.0297 e. The van der Waals surface area contributed by atoms with E-state index in [-0.39, 0.29) is 0 Å². The Hall–Kier alpha value is 0.270. The van der Waals surface area contributed by atoms with Gasteiger partial charge in [-0.1, -0.05) is 0 Å². The van der Waals surface area contributed by atoms with Crippen molar-refractivity contribution in [2.24, 2.45) is 5.73 Å².